The van der Waals surface area contributed by atoms with Crippen LogP contribution in [0.1, 0.15) is 38.1 Å². The summed E-state index contributed by atoms with van der Waals surface area (Å²) in [5.74, 6) is -1.88. The Labute approximate surface area is 192 Å². The van der Waals surface area contributed by atoms with Crippen molar-refractivity contribution >= 4 is 38.3 Å². The van der Waals surface area contributed by atoms with Crippen LogP contribution < -0.4 is 0 Å². The highest BCUT2D eigenvalue weighted by atomic mass is 32.2. The van der Waals surface area contributed by atoms with Gasteiger partial charge in [-0.1, -0.05) is 51.1 Å². The quantitative estimate of drug-likeness (QED) is 0.498. The number of allylic oxidation sites excluding steroid dienone is 1. The van der Waals surface area contributed by atoms with Crippen LogP contribution in [-0.2, 0) is 28.9 Å². The van der Waals surface area contributed by atoms with Gasteiger partial charge in [-0.05, 0) is 29.8 Å². The average molecular weight is 472 g/mol. The maximum atomic E-state index is 13.4. The molecule has 0 N–H and O–H groups in total. The number of carbonyl (C=O) groups excluding carboxylic acids is 3. The molecule has 0 saturated carbocycles. The molecule has 0 aliphatic carbocycles. The molecule has 1 amide bonds. The van der Waals surface area contributed by atoms with Gasteiger partial charge >= 0.3 is 5.97 Å². The molecule has 0 radical (unpaired) electrons. The molecule has 0 aromatic heterocycles. The van der Waals surface area contributed by atoms with Crippen molar-refractivity contribution in [1.82, 2.24) is 4.90 Å². The number of ether oxygens (including phenoxy) is 2. The zero-order valence-corrected chi connectivity index (χ0v) is 19.8. The molecule has 1 fully saturated rings. The SMILES string of the molecule is CO[C@H]1C(=O)N2C(C(=O)C(C)(C)C)=C(C)[C@@H](OC(=O)c3ccc4ccccc4c3)S(=O)(=O)C12. The lowest BCUT2D eigenvalue weighted by atomic mass is 9.85. The predicted molar refractivity (Wildman–Crippen MR) is 121 cm³/mol. The number of rotatable bonds is 4. The van der Waals surface area contributed by atoms with Gasteiger partial charge in [-0.2, -0.15) is 0 Å². The molecule has 1 unspecified atom stereocenters. The van der Waals surface area contributed by atoms with Crippen LogP contribution in [0, 0.1) is 5.41 Å². The molecular formula is C24H25NO7S. The Bertz CT molecular complexity index is 1320. The van der Waals surface area contributed by atoms with Gasteiger partial charge in [-0.25, -0.2) is 13.2 Å². The van der Waals surface area contributed by atoms with Crippen molar-refractivity contribution in [2.45, 2.75) is 44.6 Å². The van der Waals surface area contributed by atoms with Gasteiger partial charge in [0, 0.05) is 18.1 Å². The fourth-order valence-electron chi connectivity index (χ4n) is 4.17. The summed E-state index contributed by atoms with van der Waals surface area (Å²) in [6.07, 6.45) is -1.27. The van der Waals surface area contributed by atoms with E-state index in [1.165, 1.54) is 14.0 Å². The standard InChI is InChI=1S/C24H25NO7S/c1-13-17(19(26)24(2,3)4)25-20(27)18(31-5)21(25)33(29,30)23(13)32-22(28)16-11-10-14-8-6-7-9-15(14)12-16/h6-12,18,21,23H,1-5H3/t18-,21?,23-/m0/s1. The molecule has 9 heteroatoms. The van der Waals surface area contributed by atoms with E-state index < -0.39 is 49.8 Å². The van der Waals surface area contributed by atoms with Gasteiger partial charge in [0.2, 0.25) is 15.3 Å². The summed E-state index contributed by atoms with van der Waals surface area (Å²) in [4.78, 5) is 39.8. The van der Waals surface area contributed by atoms with Crippen molar-refractivity contribution < 1.29 is 32.3 Å². The fraction of sp³-hybridized carbons (Fsp3) is 0.375. The third kappa shape index (κ3) is 3.55. The number of Topliss-reactive ketones (excluding diaryl/α,β-unsaturated/α-hetero) is 1. The molecule has 2 aromatic carbocycles. The molecule has 2 heterocycles. The van der Waals surface area contributed by atoms with E-state index >= 15 is 0 Å². The second kappa shape index (κ2) is 7.78. The van der Waals surface area contributed by atoms with Crippen LogP contribution in [0.3, 0.4) is 0 Å². The highest BCUT2D eigenvalue weighted by Gasteiger charge is 2.64. The van der Waals surface area contributed by atoms with E-state index in [-0.39, 0.29) is 16.8 Å². The van der Waals surface area contributed by atoms with Gasteiger partial charge in [0.1, 0.15) is 0 Å². The molecular weight excluding hydrogens is 446 g/mol. The number of hydrogen-bond donors (Lipinski definition) is 0. The van der Waals surface area contributed by atoms with E-state index in [1.54, 1.807) is 39.0 Å². The number of benzene rings is 2. The van der Waals surface area contributed by atoms with Crippen molar-refractivity contribution in [2.75, 3.05) is 7.11 Å². The van der Waals surface area contributed by atoms with Crippen LogP contribution >= 0.6 is 0 Å². The number of carbonyl (C=O) groups is 3. The highest BCUT2D eigenvalue weighted by molar-refractivity contribution is 7.93. The first-order valence-corrected chi connectivity index (χ1v) is 12.0. The summed E-state index contributed by atoms with van der Waals surface area (Å²) in [6.45, 7) is 6.41. The summed E-state index contributed by atoms with van der Waals surface area (Å²) in [6, 6.07) is 12.3. The second-order valence-corrected chi connectivity index (χ2v) is 11.3. The van der Waals surface area contributed by atoms with E-state index in [0.717, 1.165) is 15.7 Å². The molecule has 3 atom stereocenters. The summed E-state index contributed by atoms with van der Waals surface area (Å²) in [5.41, 5.74) is -2.49. The first kappa shape index (κ1) is 23.1. The molecule has 0 bridgehead atoms. The van der Waals surface area contributed by atoms with E-state index in [4.69, 9.17) is 9.47 Å². The van der Waals surface area contributed by atoms with Crippen LogP contribution in [0.2, 0.25) is 0 Å². The normalized spacial score (nSPS) is 24.3. The van der Waals surface area contributed by atoms with E-state index in [1.807, 2.05) is 24.3 Å². The first-order valence-electron chi connectivity index (χ1n) is 10.4. The number of methoxy groups -OCH3 is 1. The van der Waals surface area contributed by atoms with Crippen molar-refractivity contribution in [3.05, 3.63) is 59.3 Å². The minimum atomic E-state index is -4.24. The van der Waals surface area contributed by atoms with Gasteiger partial charge in [-0.3, -0.25) is 14.5 Å². The molecule has 33 heavy (non-hydrogen) atoms. The van der Waals surface area contributed by atoms with Gasteiger partial charge in [-0.15, -0.1) is 0 Å². The molecule has 4 rings (SSSR count). The Morgan fingerprint density at radius 3 is 2.27 bits per heavy atom. The van der Waals surface area contributed by atoms with Crippen molar-refractivity contribution in [3.8, 4) is 0 Å². The van der Waals surface area contributed by atoms with Gasteiger partial charge < -0.3 is 9.47 Å². The maximum Gasteiger partial charge on any atom is 0.339 e. The number of esters is 1. The molecule has 2 aliphatic rings. The Morgan fingerprint density at radius 1 is 1.03 bits per heavy atom. The fourth-order valence-corrected chi connectivity index (χ4v) is 6.32. The zero-order chi connectivity index (χ0) is 24.3. The van der Waals surface area contributed by atoms with E-state index in [9.17, 15) is 22.8 Å². The molecule has 8 nitrogen and oxygen atoms in total. The van der Waals surface area contributed by atoms with Gasteiger partial charge in [0.25, 0.3) is 5.91 Å². The Hall–Kier alpha value is -3.04. The summed E-state index contributed by atoms with van der Waals surface area (Å²) < 4.78 is 37.4. The zero-order valence-electron chi connectivity index (χ0n) is 19.0. The van der Waals surface area contributed by atoms with Gasteiger partial charge in [0.05, 0.1) is 11.3 Å². The van der Waals surface area contributed by atoms with Gasteiger partial charge in [0.15, 0.2) is 17.3 Å². The lowest BCUT2D eigenvalue weighted by molar-refractivity contribution is -0.161. The summed E-state index contributed by atoms with van der Waals surface area (Å²) in [7, 11) is -3.01. The monoisotopic (exact) mass is 471 g/mol. The summed E-state index contributed by atoms with van der Waals surface area (Å²) >= 11 is 0. The molecule has 2 aliphatic heterocycles. The third-order valence-electron chi connectivity index (χ3n) is 5.95. The summed E-state index contributed by atoms with van der Waals surface area (Å²) in [5, 5.41) is 0.277. The number of nitrogens with zero attached hydrogens (tertiary/aromatic N) is 1. The van der Waals surface area contributed by atoms with E-state index in [0.29, 0.717) is 0 Å². The Kier molecular flexibility index (Phi) is 5.45. The minimum absolute atomic E-state index is 0.00298. The van der Waals surface area contributed by atoms with Crippen molar-refractivity contribution in [3.63, 3.8) is 0 Å². The van der Waals surface area contributed by atoms with Crippen LogP contribution in [-0.4, -0.2) is 55.0 Å². The second-order valence-electron chi connectivity index (χ2n) is 9.25. The van der Waals surface area contributed by atoms with Crippen LogP contribution in [0.4, 0.5) is 0 Å². The molecule has 1 saturated heterocycles. The number of hydrogen-bond acceptors (Lipinski definition) is 7. The Morgan fingerprint density at radius 2 is 1.67 bits per heavy atom. The smallest absolute Gasteiger partial charge is 0.339 e. The van der Waals surface area contributed by atoms with Crippen LogP contribution in [0.25, 0.3) is 10.8 Å². The minimum Gasteiger partial charge on any atom is -0.438 e. The largest absolute Gasteiger partial charge is 0.438 e. The average Bonchev–Trinajstić information content (AvgIpc) is 2.76. The lowest BCUT2D eigenvalue weighted by Crippen LogP contribution is -2.72. The third-order valence-corrected chi connectivity index (χ3v) is 8.12. The van der Waals surface area contributed by atoms with Crippen molar-refractivity contribution in [2.24, 2.45) is 5.41 Å². The topological polar surface area (TPSA) is 107 Å². The number of amides is 1. The number of sulfone groups is 1. The van der Waals surface area contributed by atoms with Crippen LogP contribution in [0.15, 0.2) is 53.7 Å². The van der Waals surface area contributed by atoms with E-state index in [2.05, 4.69) is 0 Å². The molecule has 2 aromatic rings. The van der Waals surface area contributed by atoms with Crippen molar-refractivity contribution in [1.29, 1.82) is 0 Å². The molecule has 0 spiro atoms. The maximum absolute atomic E-state index is 13.4. The highest BCUT2D eigenvalue weighted by Crippen LogP contribution is 2.43. The molecule has 174 valence electrons. The number of fused-ring (bicyclic) bond motifs is 2. The predicted octanol–water partition coefficient (Wildman–Crippen LogP) is 2.82. The lowest BCUT2D eigenvalue weighted by Gasteiger charge is -2.50. The first-order chi connectivity index (χ1) is 15.4. The Balaban J connectivity index is 1.78. The number of ketones is 1. The van der Waals surface area contributed by atoms with Crippen LogP contribution in [0.5, 0.6) is 0 Å². The number of β-lactam (4-membered cyclic amide) rings is 1.